The first kappa shape index (κ1) is 14.0. The molecule has 1 rings (SSSR count). The maximum Gasteiger partial charge on any atom is 0.350 e. The third kappa shape index (κ3) is 2.97. The van der Waals surface area contributed by atoms with Crippen molar-refractivity contribution in [2.75, 3.05) is 13.2 Å². The Kier molecular flexibility index (Phi) is 4.93. The molecule has 5 heteroatoms. The highest BCUT2D eigenvalue weighted by Gasteiger charge is 2.52. The minimum atomic E-state index is -1.55. The van der Waals surface area contributed by atoms with E-state index in [1.165, 1.54) is 0 Å². The molecular formula is C12H20O5. The van der Waals surface area contributed by atoms with Crippen LogP contribution in [0.5, 0.6) is 0 Å². The molecular weight excluding hydrogens is 224 g/mol. The van der Waals surface area contributed by atoms with E-state index in [2.05, 4.69) is 0 Å². The standard InChI is InChI=1S/C12H20O5/c1-4-15-10(13)12(11(14)16-5-2)8-6-7-9(3)17-12/h9H,4-8H2,1-3H3/t9-/m0/s1. The monoisotopic (exact) mass is 244 g/mol. The van der Waals surface area contributed by atoms with Gasteiger partial charge < -0.3 is 14.2 Å². The fourth-order valence-corrected chi connectivity index (χ4v) is 1.98. The van der Waals surface area contributed by atoms with Gasteiger partial charge in [0.1, 0.15) is 0 Å². The van der Waals surface area contributed by atoms with E-state index < -0.39 is 17.5 Å². The van der Waals surface area contributed by atoms with Gasteiger partial charge in [0.05, 0.1) is 19.3 Å². The van der Waals surface area contributed by atoms with Gasteiger partial charge in [0.25, 0.3) is 5.60 Å². The molecule has 1 heterocycles. The third-order valence-electron chi connectivity index (χ3n) is 2.75. The Hall–Kier alpha value is -1.10. The fraction of sp³-hybridized carbons (Fsp3) is 0.833. The van der Waals surface area contributed by atoms with Gasteiger partial charge in [-0.2, -0.15) is 0 Å². The van der Waals surface area contributed by atoms with Gasteiger partial charge >= 0.3 is 11.9 Å². The van der Waals surface area contributed by atoms with E-state index in [0.29, 0.717) is 6.42 Å². The Bertz CT molecular complexity index is 269. The average Bonchev–Trinajstić information content (AvgIpc) is 2.29. The number of carbonyl (C=O) groups excluding carboxylic acids is 2. The molecule has 1 fully saturated rings. The highest BCUT2D eigenvalue weighted by molar-refractivity contribution is 6.03. The van der Waals surface area contributed by atoms with Crippen LogP contribution in [0.2, 0.25) is 0 Å². The number of hydrogen-bond donors (Lipinski definition) is 0. The minimum Gasteiger partial charge on any atom is -0.463 e. The van der Waals surface area contributed by atoms with Gasteiger partial charge in [-0.05, 0) is 40.0 Å². The topological polar surface area (TPSA) is 61.8 Å². The van der Waals surface area contributed by atoms with E-state index >= 15 is 0 Å². The van der Waals surface area contributed by atoms with Gasteiger partial charge in [-0.3, -0.25) is 0 Å². The molecule has 0 unspecified atom stereocenters. The predicted molar refractivity (Wildman–Crippen MR) is 60.4 cm³/mol. The highest BCUT2D eigenvalue weighted by Crippen LogP contribution is 2.31. The van der Waals surface area contributed by atoms with Crippen LogP contribution >= 0.6 is 0 Å². The number of hydrogen-bond acceptors (Lipinski definition) is 5. The van der Waals surface area contributed by atoms with Crippen LogP contribution in [0, 0.1) is 0 Å². The molecule has 1 aliphatic rings. The second-order valence-electron chi connectivity index (χ2n) is 4.09. The molecule has 1 aliphatic heterocycles. The Labute approximate surface area is 101 Å². The molecule has 0 spiro atoms. The van der Waals surface area contributed by atoms with Gasteiger partial charge in [-0.15, -0.1) is 0 Å². The summed E-state index contributed by atoms with van der Waals surface area (Å²) in [7, 11) is 0. The van der Waals surface area contributed by atoms with Crippen LogP contribution in [-0.4, -0.2) is 36.9 Å². The fourth-order valence-electron chi connectivity index (χ4n) is 1.98. The van der Waals surface area contributed by atoms with Crippen LogP contribution in [0.15, 0.2) is 0 Å². The van der Waals surface area contributed by atoms with Crippen LogP contribution < -0.4 is 0 Å². The van der Waals surface area contributed by atoms with Gasteiger partial charge in [0.15, 0.2) is 0 Å². The Morgan fingerprint density at radius 1 is 1.24 bits per heavy atom. The zero-order valence-corrected chi connectivity index (χ0v) is 10.7. The summed E-state index contributed by atoms with van der Waals surface area (Å²) in [5.74, 6) is -1.27. The molecule has 0 aromatic carbocycles. The molecule has 5 nitrogen and oxygen atoms in total. The van der Waals surface area contributed by atoms with Crippen molar-refractivity contribution in [1.29, 1.82) is 0 Å². The lowest BCUT2D eigenvalue weighted by molar-refractivity contribution is -0.204. The first-order valence-electron chi connectivity index (χ1n) is 6.09. The summed E-state index contributed by atoms with van der Waals surface area (Å²) in [6, 6.07) is 0. The smallest absolute Gasteiger partial charge is 0.350 e. The molecule has 1 saturated heterocycles. The summed E-state index contributed by atoms with van der Waals surface area (Å²) in [5, 5.41) is 0. The van der Waals surface area contributed by atoms with E-state index in [-0.39, 0.29) is 19.3 Å². The summed E-state index contributed by atoms with van der Waals surface area (Å²) in [6.45, 7) is 5.67. The van der Waals surface area contributed by atoms with E-state index in [0.717, 1.165) is 12.8 Å². The lowest BCUT2D eigenvalue weighted by atomic mass is 9.91. The molecule has 0 amide bonds. The molecule has 0 radical (unpaired) electrons. The van der Waals surface area contributed by atoms with Crippen molar-refractivity contribution in [2.24, 2.45) is 0 Å². The largest absolute Gasteiger partial charge is 0.463 e. The van der Waals surface area contributed by atoms with Crippen molar-refractivity contribution in [1.82, 2.24) is 0 Å². The van der Waals surface area contributed by atoms with Gasteiger partial charge in [-0.25, -0.2) is 9.59 Å². The van der Waals surface area contributed by atoms with E-state index in [1.807, 2.05) is 6.92 Å². The van der Waals surface area contributed by atoms with Crippen molar-refractivity contribution in [3.05, 3.63) is 0 Å². The second kappa shape index (κ2) is 6.00. The third-order valence-corrected chi connectivity index (χ3v) is 2.75. The first-order valence-corrected chi connectivity index (χ1v) is 6.09. The van der Waals surface area contributed by atoms with Gasteiger partial charge in [0.2, 0.25) is 0 Å². The number of esters is 2. The van der Waals surface area contributed by atoms with Crippen LogP contribution in [0.4, 0.5) is 0 Å². The van der Waals surface area contributed by atoms with Crippen LogP contribution in [-0.2, 0) is 23.8 Å². The zero-order valence-electron chi connectivity index (χ0n) is 10.7. The maximum atomic E-state index is 11.9. The lowest BCUT2D eigenvalue weighted by Crippen LogP contribution is -2.54. The Balaban J connectivity index is 2.90. The van der Waals surface area contributed by atoms with E-state index in [9.17, 15) is 9.59 Å². The molecule has 1 atom stereocenters. The summed E-state index contributed by atoms with van der Waals surface area (Å²) in [4.78, 5) is 23.9. The van der Waals surface area contributed by atoms with Crippen LogP contribution in [0.1, 0.15) is 40.0 Å². The predicted octanol–water partition coefficient (Wildman–Crippen LogP) is 1.44. The number of carbonyl (C=O) groups is 2. The minimum absolute atomic E-state index is 0.141. The summed E-state index contributed by atoms with van der Waals surface area (Å²) >= 11 is 0. The number of ether oxygens (including phenoxy) is 3. The van der Waals surface area contributed by atoms with E-state index in [1.54, 1.807) is 13.8 Å². The van der Waals surface area contributed by atoms with Gasteiger partial charge in [0, 0.05) is 0 Å². The molecule has 0 aromatic rings. The normalized spacial score (nSPS) is 22.9. The summed E-state index contributed by atoms with van der Waals surface area (Å²) in [5.41, 5.74) is -1.55. The Morgan fingerprint density at radius 2 is 1.76 bits per heavy atom. The summed E-state index contributed by atoms with van der Waals surface area (Å²) in [6.07, 6.45) is 1.77. The van der Waals surface area contributed by atoms with Gasteiger partial charge in [-0.1, -0.05) is 0 Å². The molecule has 0 aliphatic carbocycles. The summed E-state index contributed by atoms with van der Waals surface area (Å²) < 4.78 is 15.4. The van der Waals surface area contributed by atoms with Crippen molar-refractivity contribution in [2.45, 2.75) is 51.7 Å². The van der Waals surface area contributed by atoms with Crippen molar-refractivity contribution < 1.29 is 23.8 Å². The molecule has 0 bridgehead atoms. The quantitative estimate of drug-likeness (QED) is 0.553. The maximum absolute atomic E-state index is 11.9. The number of rotatable bonds is 4. The highest BCUT2D eigenvalue weighted by atomic mass is 16.6. The van der Waals surface area contributed by atoms with Crippen molar-refractivity contribution >= 4 is 11.9 Å². The molecule has 0 aromatic heterocycles. The SMILES string of the molecule is CCOC(=O)C1(C(=O)OCC)CCC[C@H](C)O1. The van der Waals surface area contributed by atoms with Crippen LogP contribution in [0.3, 0.4) is 0 Å². The molecule has 98 valence electrons. The Morgan fingerprint density at radius 3 is 2.18 bits per heavy atom. The van der Waals surface area contributed by atoms with E-state index in [4.69, 9.17) is 14.2 Å². The van der Waals surface area contributed by atoms with Crippen LogP contribution in [0.25, 0.3) is 0 Å². The first-order chi connectivity index (χ1) is 8.06. The average molecular weight is 244 g/mol. The molecule has 0 N–H and O–H groups in total. The molecule has 17 heavy (non-hydrogen) atoms. The van der Waals surface area contributed by atoms with Crippen molar-refractivity contribution in [3.63, 3.8) is 0 Å². The molecule has 0 saturated carbocycles. The lowest BCUT2D eigenvalue weighted by Gasteiger charge is -2.35. The zero-order chi connectivity index (χ0) is 12.9. The van der Waals surface area contributed by atoms with Crippen molar-refractivity contribution in [3.8, 4) is 0 Å². The second-order valence-corrected chi connectivity index (χ2v) is 4.09.